The number of carbonyl (C=O) groups is 1. The van der Waals surface area contributed by atoms with Gasteiger partial charge < -0.3 is 5.32 Å². The van der Waals surface area contributed by atoms with Gasteiger partial charge in [-0.3, -0.25) is 4.79 Å². The molecule has 0 saturated heterocycles. The third kappa shape index (κ3) is 5.75. The van der Waals surface area contributed by atoms with E-state index in [1.807, 2.05) is 66.7 Å². The molecule has 1 N–H and O–H groups in total. The second kappa shape index (κ2) is 10.9. The lowest BCUT2D eigenvalue weighted by atomic mass is 9.92. The molecule has 33 heavy (non-hydrogen) atoms. The molecule has 0 fully saturated rings. The van der Waals surface area contributed by atoms with Crippen LogP contribution in [-0.4, -0.2) is 5.91 Å². The van der Waals surface area contributed by atoms with Crippen molar-refractivity contribution in [2.45, 2.75) is 13.5 Å². The lowest BCUT2D eigenvalue weighted by Crippen LogP contribution is -2.23. The van der Waals surface area contributed by atoms with E-state index in [0.717, 1.165) is 33.4 Å². The fourth-order valence-corrected chi connectivity index (χ4v) is 3.85. The summed E-state index contributed by atoms with van der Waals surface area (Å²) < 4.78 is 0. The lowest BCUT2D eigenvalue weighted by Gasteiger charge is -2.15. The molecule has 2 nitrogen and oxygen atoms in total. The molecule has 0 radical (unpaired) electrons. The van der Waals surface area contributed by atoms with E-state index in [4.69, 9.17) is 0 Å². The van der Waals surface area contributed by atoms with Gasteiger partial charge in [-0.15, -0.1) is 0 Å². The Kier molecular flexibility index (Phi) is 7.29. The molecule has 0 spiro atoms. The topological polar surface area (TPSA) is 29.1 Å². The molecule has 0 bridgehead atoms. The van der Waals surface area contributed by atoms with Crippen molar-refractivity contribution in [1.82, 2.24) is 5.32 Å². The maximum Gasteiger partial charge on any atom is 0.251 e. The molecule has 4 aromatic rings. The first-order valence-corrected chi connectivity index (χ1v) is 11.1. The fraction of sp³-hybridized carbons (Fsp3) is 0.0645. The summed E-state index contributed by atoms with van der Waals surface area (Å²) in [5, 5.41) is 3.07. The Hall–Kier alpha value is -4.17. The van der Waals surface area contributed by atoms with Crippen LogP contribution in [0.3, 0.4) is 0 Å². The van der Waals surface area contributed by atoms with Crippen LogP contribution < -0.4 is 5.32 Å². The Morgan fingerprint density at radius 2 is 1.24 bits per heavy atom. The van der Waals surface area contributed by atoms with Gasteiger partial charge in [-0.1, -0.05) is 115 Å². The molecule has 1 amide bonds. The fourth-order valence-electron chi connectivity index (χ4n) is 3.85. The van der Waals surface area contributed by atoms with Gasteiger partial charge >= 0.3 is 0 Å². The van der Waals surface area contributed by atoms with Gasteiger partial charge in [0, 0.05) is 12.1 Å². The van der Waals surface area contributed by atoms with Crippen LogP contribution in [0.1, 0.15) is 39.5 Å². The van der Waals surface area contributed by atoms with Crippen LogP contribution in [0.25, 0.3) is 17.2 Å². The van der Waals surface area contributed by atoms with Crippen molar-refractivity contribution in [3.05, 3.63) is 149 Å². The summed E-state index contributed by atoms with van der Waals surface area (Å²) in [7, 11) is 0. The highest BCUT2D eigenvalue weighted by Crippen LogP contribution is 2.30. The molecule has 0 heterocycles. The van der Waals surface area contributed by atoms with Crippen molar-refractivity contribution in [3.8, 4) is 0 Å². The third-order valence-corrected chi connectivity index (χ3v) is 5.63. The van der Waals surface area contributed by atoms with Crippen LogP contribution in [0.4, 0.5) is 0 Å². The van der Waals surface area contributed by atoms with Gasteiger partial charge in [0.2, 0.25) is 0 Å². The maximum absolute atomic E-state index is 12.6. The summed E-state index contributed by atoms with van der Waals surface area (Å²) in [5.74, 6) is -0.0701. The first kappa shape index (κ1) is 22.0. The molecule has 0 aliphatic carbocycles. The van der Waals surface area contributed by atoms with Gasteiger partial charge in [-0.25, -0.2) is 0 Å². The van der Waals surface area contributed by atoms with Gasteiger partial charge in [0.15, 0.2) is 0 Å². The largest absolute Gasteiger partial charge is 0.348 e. The first-order chi connectivity index (χ1) is 16.2. The van der Waals surface area contributed by atoms with Crippen LogP contribution in [-0.2, 0) is 6.54 Å². The quantitative estimate of drug-likeness (QED) is 0.243. The Morgan fingerprint density at radius 3 is 1.91 bits per heavy atom. The standard InChI is InChI=1S/C31H27NO/c1-24(30(26-15-7-3-8-16-26)22-21-25-13-5-2-6-14-25)29-20-12-11-19-28(29)23-32-31(33)27-17-9-4-10-18-27/h2-22H,23H2,1H3,(H,32,33)/b22-21-,30-24-. The number of hydrogen-bond donors (Lipinski definition) is 1. The summed E-state index contributed by atoms with van der Waals surface area (Å²) in [5.41, 5.74) is 7.51. The van der Waals surface area contributed by atoms with E-state index in [9.17, 15) is 4.79 Å². The number of hydrogen-bond acceptors (Lipinski definition) is 1. The van der Waals surface area contributed by atoms with Crippen molar-refractivity contribution in [2.24, 2.45) is 0 Å². The van der Waals surface area contributed by atoms with Gasteiger partial charge in [-0.05, 0) is 52.5 Å². The zero-order valence-corrected chi connectivity index (χ0v) is 18.7. The van der Waals surface area contributed by atoms with Crippen molar-refractivity contribution in [2.75, 3.05) is 0 Å². The highest BCUT2D eigenvalue weighted by atomic mass is 16.1. The number of carbonyl (C=O) groups excluding carboxylic acids is 1. The number of allylic oxidation sites excluding steroid dienone is 3. The predicted molar refractivity (Wildman–Crippen MR) is 138 cm³/mol. The molecule has 2 heteroatoms. The van der Waals surface area contributed by atoms with E-state index < -0.39 is 0 Å². The minimum atomic E-state index is -0.0701. The molecule has 0 atom stereocenters. The van der Waals surface area contributed by atoms with Crippen LogP contribution in [0.15, 0.2) is 121 Å². The van der Waals surface area contributed by atoms with Crippen LogP contribution in [0, 0.1) is 0 Å². The molecule has 0 saturated carbocycles. The highest BCUT2D eigenvalue weighted by molar-refractivity contribution is 5.97. The Labute approximate surface area is 195 Å². The van der Waals surface area contributed by atoms with E-state index in [-0.39, 0.29) is 5.91 Å². The summed E-state index contributed by atoms with van der Waals surface area (Å²) in [6, 6.07) is 38.3. The monoisotopic (exact) mass is 429 g/mol. The first-order valence-electron chi connectivity index (χ1n) is 11.1. The summed E-state index contributed by atoms with van der Waals surface area (Å²) in [4.78, 5) is 12.6. The second-order valence-corrected chi connectivity index (χ2v) is 7.85. The molecule has 0 aliphatic rings. The average Bonchev–Trinajstić information content (AvgIpc) is 2.89. The van der Waals surface area contributed by atoms with E-state index in [2.05, 4.69) is 72.9 Å². The number of rotatable bonds is 7. The Morgan fingerprint density at radius 1 is 0.697 bits per heavy atom. The summed E-state index contributed by atoms with van der Waals surface area (Å²) >= 11 is 0. The van der Waals surface area contributed by atoms with Crippen LogP contribution >= 0.6 is 0 Å². The molecule has 0 aromatic heterocycles. The Bertz CT molecular complexity index is 1260. The predicted octanol–water partition coefficient (Wildman–Crippen LogP) is 7.26. The van der Waals surface area contributed by atoms with Crippen molar-refractivity contribution < 1.29 is 4.79 Å². The van der Waals surface area contributed by atoms with Crippen LogP contribution in [0.2, 0.25) is 0 Å². The maximum atomic E-state index is 12.6. The summed E-state index contributed by atoms with van der Waals surface area (Å²) in [6.07, 6.45) is 4.32. The van der Waals surface area contributed by atoms with E-state index in [1.54, 1.807) is 0 Å². The molecule has 162 valence electrons. The van der Waals surface area contributed by atoms with E-state index >= 15 is 0 Å². The normalized spacial score (nSPS) is 11.8. The molecule has 0 unspecified atom stereocenters. The SMILES string of the molecule is C/C(=C(\C=C/c1ccccc1)c1ccccc1)c1ccccc1CNC(=O)c1ccccc1. The molecule has 4 aromatic carbocycles. The van der Waals surface area contributed by atoms with Crippen LogP contribution in [0.5, 0.6) is 0 Å². The van der Waals surface area contributed by atoms with Gasteiger partial charge in [-0.2, -0.15) is 0 Å². The average molecular weight is 430 g/mol. The van der Waals surface area contributed by atoms with Gasteiger partial charge in [0.1, 0.15) is 0 Å². The zero-order chi connectivity index (χ0) is 22.9. The van der Waals surface area contributed by atoms with E-state index in [0.29, 0.717) is 12.1 Å². The molecule has 0 aliphatic heterocycles. The van der Waals surface area contributed by atoms with Crippen molar-refractivity contribution in [1.29, 1.82) is 0 Å². The number of benzene rings is 4. The lowest BCUT2D eigenvalue weighted by molar-refractivity contribution is 0.0951. The smallest absolute Gasteiger partial charge is 0.251 e. The minimum Gasteiger partial charge on any atom is -0.348 e. The molecular formula is C31H27NO. The van der Waals surface area contributed by atoms with Crippen molar-refractivity contribution >= 4 is 23.1 Å². The van der Waals surface area contributed by atoms with Crippen molar-refractivity contribution in [3.63, 3.8) is 0 Å². The van der Waals surface area contributed by atoms with Gasteiger partial charge in [0.05, 0.1) is 0 Å². The summed E-state index contributed by atoms with van der Waals surface area (Å²) in [6.45, 7) is 2.61. The Balaban J connectivity index is 1.68. The van der Waals surface area contributed by atoms with Gasteiger partial charge in [0.25, 0.3) is 5.91 Å². The highest BCUT2D eigenvalue weighted by Gasteiger charge is 2.11. The number of nitrogens with one attached hydrogen (secondary N) is 1. The zero-order valence-electron chi connectivity index (χ0n) is 18.7. The third-order valence-electron chi connectivity index (χ3n) is 5.63. The second-order valence-electron chi connectivity index (χ2n) is 7.85. The minimum absolute atomic E-state index is 0.0701. The molecule has 4 rings (SSSR count). The van der Waals surface area contributed by atoms with E-state index in [1.165, 1.54) is 0 Å². The number of amides is 1. The molecular weight excluding hydrogens is 402 g/mol.